The quantitative estimate of drug-likeness (QED) is 0.785. The first-order valence-corrected chi connectivity index (χ1v) is 5.76. The molecule has 1 atom stereocenters. The van der Waals surface area contributed by atoms with Crippen LogP contribution in [-0.4, -0.2) is 12.2 Å². The second kappa shape index (κ2) is 3.28. The number of nitrogens with zero attached hydrogens (tertiary/aromatic N) is 1. The Hall–Kier alpha value is -1.47. The minimum Gasteiger partial charge on any atom is -0.324 e. The molecule has 4 heteroatoms. The SMILES string of the molecule is CSC1(C)C(=O)Nc2cccc(C#N)c21. The number of amides is 1. The lowest BCUT2D eigenvalue weighted by Gasteiger charge is -2.19. The molecule has 1 unspecified atom stereocenters. The van der Waals surface area contributed by atoms with Crippen LogP contribution in [-0.2, 0) is 9.54 Å². The largest absolute Gasteiger partial charge is 0.324 e. The highest BCUT2D eigenvalue weighted by atomic mass is 32.2. The number of fused-ring (bicyclic) bond motifs is 1. The monoisotopic (exact) mass is 218 g/mol. The molecule has 76 valence electrons. The molecule has 0 bridgehead atoms. The fourth-order valence-electron chi connectivity index (χ4n) is 1.81. The predicted molar refractivity (Wildman–Crippen MR) is 60.7 cm³/mol. The average Bonchev–Trinajstić information content (AvgIpc) is 2.52. The van der Waals surface area contributed by atoms with Crippen molar-refractivity contribution in [3.63, 3.8) is 0 Å². The molecular weight excluding hydrogens is 208 g/mol. The minimum atomic E-state index is -0.637. The maximum absolute atomic E-state index is 11.8. The first-order valence-electron chi connectivity index (χ1n) is 4.53. The van der Waals surface area contributed by atoms with Crippen molar-refractivity contribution in [2.75, 3.05) is 11.6 Å². The lowest BCUT2D eigenvalue weighted by Crippen LogP contribution is -2.27. The van der Waals surface area contributed by atoms with Gasteiger partial charge < -0.3 is 5.32 Å². The summed E-state index contributed by atoms with van der Waals surface area (Å²) in [6.45, 7) is 1.85. The van der Waals surface area contributed by atoms with Gasteiger partial charge in [0.25, 0.3) is 0 Å². The van der Waals surface area contributed by atoms with Crippen LogP contribution in [0.4, 0.5) is 5.69 Å². The van der Waals surface area contributed by atoms with E-state index >= 15 is 0 Å². The summed E-state index contributed by atoms with van der Waals surface area (Å²) in [5.74, 6) is -0.0484. The Labute approximate surface area is 92.5 Å². The number of anilines is 1. The van der Waals surface area contributed by atoms with E-state index in [1.165, 1.54) is 11.8 Å². The van der Waals surface area contributed by atoms with Gasteiger partial charge in [-0.25, -0.2) is 0 Å². The molecule has 0 aromatic heterocycles. The molecule has 2 rings (SSSR count). The van der Waals surface area contributed by atoms with E-state index in [0.29, 0.717) is 5.56 Å². The maximum Gasteiger partial charge on any atom is 0.244 e. The van der Waals surface area contributed by atoms with Crippen molar-refractivity contribution in [2.45, 2.75) is 11.7 Å². The van der Waals surface area contributed by atoms with E-state index in [1.54, 1.807) is 12.1 Å². The van der Waals surface area contributed by atoms with Crippen LogP contribution in [0.2, 0.25) is 0 Å². The van der Waals surface area contributed by atoms with E-state index in [2.05, 4.69) is 11.4 Å². The molecule has 0 aliphatic carbocycles. The molecule has 0 fully saturated rings. The van der Waals surface area contributed by atoms with Gasteiger partial charge in [-0.05, 0) is 25.3 Å². The van der Waals surface area contributed by atoms with Crippen molar-refractivity contribution in [3.8, 4) is 6.07 Å². The van der Waals surface area contributed by atoms with Gasteiger partial charge in [0.1, 0.15) is 4.75 Å². The second-order valence-electron chi connectivity index (χ2n) is 3.53. The third kappa shape index (κ3) is 1.24. The van der Waals surface area contributed by atoms with E-state index in [0.717, 1.165) is 11.3 Å². The topological polar surface area (TPSA) is 52.9 Å². The average molecular weight is 218 g/mol. The number of thioether (sulfide) groups is 1. The number of hydrogen-bond acceptors (Lipinski definition) is 3. The zero-order chi connectivity index (χ0) is 11.1. The van der Waals surface area contributed by atoms with Gasteiger partial charge in [0.05, 0.1) is 11.6 Å². The number of benzene rings is 1. The van der Waals surface area contributed by atoms with Crippen LogP contribution in [0.5, 0.6) is 0 Å². The van der Waals surface area contributed by atoms with E-state index in [9.17, 15) is 4.79 Å². The van der Waals surface area contributed by atoms with Crippen molar-refractivity contribution < 1.29 is 4.79 Å². The number of rotatable bonds is 1. The summed E-state index contributed by atoms with van der Waals surface area (Å²) in [4.78, 5) is 11.8. The van der Waals surface area contributed by atoms with Gasteiger partial charge in [-0.15, -0.1) is 11.8 Å². The van der Waals surface area contributed by atoms with E-state index in [4.69, 9.17) is 5.26 Å². The summed E-state index contributed by atoms with van der Waals surface area (Å²) in [6, 6.07) is 7.49. The highest BCUT2D eigenvalue weighted by Gasteiger charge is 2.43. The molecule has 1 aliphatic heterocycles. The molecule has 1 heterocycles. The van der Waals surface area contributed by atoms with Gasteiger partial charge in [0, 0.05) is 11.3 Å². The Morgan fingerprint density at radius 2 is 2.27 bits per heavy atom. The van der Waals surface area contributed by atoms with Gasteiger partial charge >= 0.3 is 0 Å². The second-order valence-corrected chi connectivity index (χ2v) is 4.76. The Kier molecular flexibility index (Phi) is 2.20. The van der Waals surface area contributed by atoms with Crippen LogP contribution < -0.4 is 5.32 Å². The number of nitriles is 1. The zero-order valence-corrected chi connectivity index (χ0v) is 9.31. The first kappa shape index (κ1) is 10.1. The van der Waals surface area contributed by atoms with Crippen LogP contribution in [0.1, 0.15) is 18.1 Å². The normalized spacial score (nSPS) is 23.1. The smallest absolute Gasteiger partial charge is 0.244 e. The van der Waals surface area contributed by atoms with Crippen molar-refractivity contribution in [3.05, 3.63) is 29.3 Å². The van der Waals surface area contributed by atoms with Gasteiger partial charge in [0.2, 0.25) is 5.91 Å². The summed E-state index contributed by atoms with van der Waals surface area (Å²) in [5.41, 5.74) is 2.14. The van der Waals surface area contributed by atoms with Crippen molar-refractivity contribution in [2.24, 2.45) is 0 Å². The fourth-order valence-corrected chi connectivity index (χ4v) is 2.47. The lowest BCUT2D eigenvalue weighted by atomic mass is 9.97. The molecule has 15 heavy (non-hydrogen) atoms. The van der Waals surface area contributed by atoms with E-state index in [1.807, 2.05) is 19.2 Å². The Morgan fingerprint density at radius 3 is 2.87 bits per heavy atom. The number of carbonyl (C=O) groups excluding carboxylic acids is 1. The summed E-state index contributed by atoms with van der Waals surface area (Å²) >= 11 is 1.45. The fraction of sp³-hybridized carbons (Fsp3) is 0.273. The number of nitrogens with one attached hydrogen (secondary N) is 1. The van der Waals surface area contributed by atoms with E-state index < -0.39 is 4.75 Å². The first-order chi connectivity index (χ1) is 7.13. The van der Waals surface area contributed by atoms with Crippen molar-refractivity contribution in [1.82, 2.24) is 0 Å². The molecule has 1 aromatic carbocycles. The molecule has 1 aliphatic rings. The third-order valence-corrected chi connectivity index (χ3v) is 3.96. The van der Waals surface area contributed by atoms with Crippen molar-refractivity contribution >= 4 is 23.4 Å². The molecule has 0 radical (unpaired) electrons. The summed E-state index contributed by atoms with van der Waals surface area (Å²) < 4.78 is -0.637. The molecule has 1 aromatic rings. The Morgan fingerprint density at radius 1 is 1.53 bits per heavy atom. The maximum atomic E-state index is 11.8. The molecular formula is C11H10N2OS. The Bertz CT molecular complexity index is 478. The summed E-state index contributed by atoms with van der Waals surface area (Å²) in [6.07, 6.45) is 1.88. The zero-order valence-electron chi connectivity index (χ0n) is 8.50. The van der Waals surface area contributed by atoms with E-state index in [-0.39, 0.29) is 5.91 Å². The highest BCUT2D eigenvalue weighted by Crippen LogP contribution is 2.45. The molecule has 1 N–H and O–H groups in total. The van der Waals surface area contributed by atoms with Crippen LogP contribution >= 0.6 is 11.8 Å². The molecule has 3 nitrogen and oxygen atoms in total. The third-order valence-electron chi connectivity index (χ3n) is 2.75. The van der Waals surface area contributed by atoms with Gasteiger partial charge in [-0.1, -0.05) is 6.07 Å². The van der Waals surface area contributed by atoms with Crippen LogP contribution in [0.15, 0.2) is 18.2 Å². The summed E-state index contributed by atoms with van der Waals surface area (Å²) in [7, 11) is 0. The molecule has 0 spiro atoms. The standard InChI is InChI=1S/C11H10N2OS/c1-11(15-2)9-7(6-12)4-3-5-8(9)13-10(11)14/h3-5H,1-2H3,(H,13,14). The molecule has 0 saturated carbocycles. The summed E-state index contributed by atoms with van der Waals surface area (Å²) in [5, 5.41) is 11.8. The Balaban J connectivity index is 2.72. The van der Waals surface area contributed by atoms with Gasteiger partial charge in [-0.2, -0.15) is 5.26 Å². The number of hydrogen-bond donors (Lipinski definition) is 1. The highest BCUT2D eigenvalue weighted by molar-refractivity contribution is 8.00. The predicted octanol–water partition coefficient (Wildman–Crippen LogP) is 2.09. The van der Waals surface area contributed by atoms with Crippen LogP contribution in [0.25, 0.3) is 0 Å². The van der Waals surface area contributed by atoms with Gasteiger partial charge in [0.15, 0.2) is 0 Å². The minimum absolute atomic E-state index is 0.0484. The van der Waals surface area contributed by atoms with Crippen LogP contribution in [0.3, 0.4) is 0 Å². The van der Waals surface area contributed by atoms with Crippen LogP contribution in [0, 0.1) is 11.3 Å². The molecule has 0 saturated heterocycles. The molecule has 1 amide bonds. The van der Waals surface area contributed by atoms with Crippen molar-refractivity contribution in [1.29, 1.82) is 5.26 Å². The number of carbonyl (C=O) groups is 1. The lowest BCUT2D eigenvalue weighted by molar-refractivity contribution is -0.117. The van der Waals surface area contributed by atoms with Gasteiger partial charge in [-0.3, -0.25) is 4.79 Å².